The van der Waals surface area contributed by atoms with E-state index in [0.717, 1.165) is 5.56 Å². The zero-order valence-corrected chi connectivity index (χ0v) is 14.9. The summed E-state index contributed by atoms with van der Waals surface area (Å²) in [6.45, 7) is 1.64. The van der Waals surface area contributed by atoms with Gasteiger partial charge in [0.2, 0.25) is 0 Å². The van der Waals surface area contributed by atoms with Crippen molar-refractivity contribution in [2.45, 2.75) is 54.0 Å². The van der Waals surface area contributed by atoms with E-state index in [0.29, 0.717) is 11.8 Å². The van der Waals surface area contributed by atoms with Crippen LogP contribution in [0, 0.1) is 6.92 Å². The van der Waals surface area contributed by atoms with Crippen LogP contribution in [0.4, 0.5) is 57.1 Å². The fourth-order valence-corrected chi connectivity index (χ4v) is 2.81. The average Bonchev–Trinajstić information content (AvgIpc) is 2.54. The molecule has 14 heteroatoms. The SMILES string of the molecule is Cc1ccc(SCCC(F)(F)C(F)(F)C(F)(F)C(F)(F)C(F)(F)C(F)(F)F)cc1. The monoisotopic (exact) mass is 470 g/mol. The van der Waals surface area contributed by atoms with Crippen LogP contribution >= 0.6 is 11.8 Å². The van der Waals surface area contributed by atoms with E-state index in [1.807, 2.05) is 0 Å². The Kier molecular flexibility index (Phi) is 6.85. The summed E-state index contributed by atoms with van der Waals surface area (Å²) in [5.41, 5.74) is 0.721. The molecule has 0 heterocycles. The predicted octanol–water partition coefficient (Wildman–Crippen LogP) is 7.22. The number of benzene rings is 1. The van der Waals surface area contributed by atoms with Crippen LogP contribution < -0.4 is 0 Å². The molecule has 1 aromatic carbocycles. The molecule has 1 rings (SSSR count). The smallest absolute Gasteiger partial charge is 0.200 e. The second kappa shape index (κ2) is 7.73. The molecule has 0 aromatic heterocycles. The molecule has 168 valence electrons. The molecule has 0 atom stereocenters. The minimum atomic E-state index is -7.85. The topological polar surface area (TPSA) is 0 Å². The van der Waals surface area contributed by atoms with Crippen LogP contribution in [0.1, 0.15) is 12.0 Å². The van der Waals surface area contributed by atoms with Crippen LogP contribution in [-0.2, 0) is 0 Å². The third-order valence-electron chi connectivity index (χ3n) is 3.70. The first-order valence-electron chi connectivity index (χ1n) is 7.37. The highest BCUT2D eigenvalue weighted by Gasteiger charge is 2.90. The van der Waals surface area contributed by atoms with E-state index in [-0.39, 0.29) is 4.90 Å². The van der Waals surface area contributed by atoms with Crippen LogP contribution in [0.25, 0.3) is 0 Å². The molecule has 0 bridgehead atoms. The Morgan fingerprint density at radius 3 is 1.45 bits per heavy atom. The molecule has 0 radical (unpaired) electrons. The molecule has 0 unspecified atom stereocenters. The van der Waals surface area contributed by atoms with Gasteiger partial charge in [-0.1, -0.05) is 17.7 Å². The summed E-state index contributed by atoms with van der Waals surface area (Å²) in [5.74, 6) is -37.6. The van der Waals surface area contributed by atoms with Gasteiger partial charge in [-0.15, -0.1) is 11.8 Å². The molecule has 0 aliphatic heterocycles. The molecular weight excluding hydrogens is 459 g/mol. The minimum Gasteiger partial charge on any atom is -0.200 e. The maximum atomic E-state index is 13.6. The van der Waals surface area contributed by atoms with E-state index in [1.165, 1.54) is 24.3 Å². The lowest BCUT2D eigenvalue weighted by atomic mass is 9.93. The van der Waals surface area contributed by atoms with Crippen molar-refractivity contribution in [1.82, 2.24) is 0 Å². The number of aryl methyl sites for hydroxylation is 1. The lowest BCUT2D eigenvalue weighted by Gasteiger charge is -2.39. The molecule has 0 N–H and O–H groups in total. The van der Waals surface area contributed by atoms with Gasteiger partial charge in [0.15, 0.2) is 0 Å². The average molecular weight is 470 g/mol. The summed E-state index contributed by atoms with van der Waals surface area (Å²) < 4.78 is 168. The van der Waals surface area contributed by atoms with Crippen molar-refractivity contribution in [3.8, 4) is 0 Å². The first kappa shape index (κ1) is 25.7. The summed E-state index contributed by atoms with van der Waals surface area (Å²) in [6.07, 6.45) is -9.60. The van der Waals surface area contributed by atoms with Gasteiger partial charge >= 0.3 is 35.8 Å². The van der Waals surface area contributed by atoms with E-state index in [2.05, 4.69) is 0 Å². The summed E-state index contributed by atoms with van der Waals surface area (Å²) in [5, 5.41) is 0. The number of halogens is 13. The fraction of sp³-hybridized carbons (Fsp3) is 0.600. The van der Waals surface area contributed by atoms with Crippen molar-refractivity contribution in [1.29, 1.82) is 0 Å². The van der Waals surface area contributed by atoms with Gasteiger partial charge in [-0.25, -0.2) is 0 Å². The van der Waals surface area contributed by atoms with Crippen LogP contribution in [0.2, 0.25) is 0 Å². The van der Waals surface area contributed by atoms with E-state index in [1.54, 1.807) is 6.92 Å². The molecule has 1 aromatic rings. The second-order valence-electron chi connectivity index (χ2n) is 5.91. The summed E-state index contributed by atoms with van der Waals surface area (Å²) in [6, 6.07) is 5.62. The van der Waals surface area contributed by atoms with Crippen LogP contribution in [0.5, 0.6) is 0 Å². The van der Waals surface area contributed by atoms with Gasteiger partial charge in [-0.3, -0.25) is 0 Å². The molecule has 0 aliphatic rings. The zero-order chi connectivity index (χ0) is 23.1. The lowest BCUT2D eigenvalue weighted by Crippen LogP contribution is -2.70. The summed E-state index contributed by atoms with van der Waals surface area (Å²) in [7, 11) is 0. The van der Waals surface area contributed by atoms with Crippen LogP contribution in [0.3, 0.4) is 0 Å². The van der Waals surface area contributed by atoms with Gasteiger partial charge in [0.1, 0.15) is 0 Å². The zero-order valence-electron chi connectivity index (χ0n) is 14.0. The van der Waals surface area contributed by atoms with Crippen molar-refractivity contribution in [2.75, 3.05) is 5.75 Å². The van der Waals surface area contributed by atoms with Gasteiger partial charge in [0.25, 0.3) is 0 Å². The molecule has 0 saturated carbocycles. The Labute approximate surface area is 159 Å². The molecule has 0 nitrogen and oxygen atoms in total. The minimum absolute atomic E-state index is 0.204. The van der Waals surface area contributed by atoms with E-state index in [9.17, 15) is 57.1 Å². The van der Waals surface area contributed by atoms with Crippen LogP contribution in [-0.4, -0.2) is 41.5 Å². The van der Waals surface area contributed by atoms with Gasteiger partial charge in [-0.05, 0) is 19.1 Å². The van der Waals surface area contributed by atoms with Crippen LogP contribution in [0.15, 0.2) is 29.2 Å². The van der Waals surface area contributed by atoms with Gasteiger partial charge in [0.05, 0.1) is 0 Å². The second-order valence-corrected chi connectivity index (χ2v) is 7.08. The first-order chi connectivity index (χ1) is 12.7. The van der Waals surface area contributed by atoms with Gasteiger partial charge in [0, 0.05) is 17.1 Å². The Morgan fingerprint density at radius 2 is 1.03 bits per heavy atom. The summed E-state index contributed by atoms with van der Waals surface area (Å²) >= 11 is 0.426. The van der Waals surface area contributed by atoms with Crippen molar-refractivity contribution in [3.63, 3.8) is 0 Å². The number of rotatable bonds is 8. The maximum Gasteiger partial charge on any atom is 0.460 e. The molecule has 0 saturated heterocycles. The Hall–Kier alpha value is -1.34. The van der Waals surface area contributed by atoms with Crippen molar-refractivity contribution in [3.05, 3.63) is 29.8 Å². The fourth-order valence-electron chi connectivity index (χ4n) is 1.89. The number of hydrogen-bond acceptors (Lipinski definition) is 1. The quantitative estimate of drug-likeness (QED) is 0.286. The Balaban J connectivity index is 3.09. The van der Waals surface area contributed by atoms with E-state index >= 15 is 0 Å². The third kappa shape index (κ3) is 4.41. The standard InChI is InChI=1S/C15H11F13S/c1-8-2-4-9(5-3-8)29-7-6-10(16,17)11(18,19)12(20,21)13(22,23)14(24,25)15(26,27)28/h2-5H,6-7H2,1H3. The largest absolute Gasteiger partial charge is 0.460 e. The molecule has 29 heavy (non-hydrogen) atoms. The highest BCUT2D eigenvalue weighted by atomic mass is 32.2. The van der Waals surface area contributed by atoms with E-state index in [4.69, 9.17) is 0 Å². The highest BCUT2D eigenvalue weighted by molar-refractivity contribution is 7.99. The normalized spacial score (nSPS) is 15.0. The number of thioether (sulfide) groups is 1. The molecular formula is C15H11F13S. The van der Waals surface area contributed by atoms with Gasteiger partial charge in [-0.2, -0.15) is 57.1 Å². The Bertz CT molecular complexity index is 691. The molecule has 0 spiro atoms. The lowest BCUT2D eigenvalue weighted by molar-refractivity contribution is -0.439. The maximum absolute atomic E-state index is 13.6. The Morgan fingerprint density at radius 1 is 0.621 bits per heavy atom. The number of alkyl halides is 13. The molecule has 0 aliphatic carbocycles. The molecule has 0 amide bonds. The number of hydrogen-bond donors (Lipinski definition) is 0. The van der Waals surface area contributed by atoms with Crippen molar-refractivity contribution < 1.29 is 57.1 Å². The van der Waals surface area contributed by atoms with Crippen molar-refractivity contribution >= 4 is 11.8 Å². The van der Waals surface area contributed by atoms with Gasteiger partial charge < -0.3 is 0 Å². The van der Waals surface area contributed by atoms with Crippen molar-refractivity contribution in [2.24, 2.45) is 0 Å². The molecule has 0 fully saturated rings. The predicted molar refractivity (Wildman–Crippen MR) is 77.3 cm³/mol. The first-order valence-corrected chi connectivity index (χ1v) is 8.36. The summed E-state index contributed by atoms with van der Waals surface area (Å²) in [4.78, 5) is 0.204. The highest BCUT2D eigenvalue weighted by Crippen LogP contribution is 2.60. The van der Waals surface area contributed by atoms with E-state index < -0.39 is 48.0 Å². The third-order valence-corrected chi connectivity index (χ3v) is 4.72.